The van der Waals surface area contributed by atoms with Crippen LogP contribution in [0, 0.1) is 17.3 Å². The SMILES string of the molecule is CC12CCC3c4ccc(OCc5ccccc5)cc4CCC3C1C[C@@H](O)[C@@H]2O. The van der Waals surface area contributed by atoms with E-state index in [1.165, 1.54) is 16.7 Å². The van der Waals surface area contributed by atoms with Crippen molar-refractivity contribution in [3.05, 3.63) is 65.2 Å². The lowest BCUT2D eigenvalue weighted by atomic mass is 9.55. The van der Waals surface area contributed by atoms with Crippen LogP contribution in [0.5, 0.6) is 5.75 Å². The summed E-state index contributed by atoms with van der Waals surface area (Å²) in [5, 5.41) is 20.9. The fraction of sp³-hybridized carbons (Fsp3) is 0.520. The highest BCUT2D eigenvalue weighted by Gasteiger charge is 2.57. The lowest BCUT2D eigenvalue weighted by Gasteiger charge is -2.49. The number of aliphatic hydroxyl groups is 2. The molecule has 2 N–H and O–H groups in total. The summed E-state index contributed by atoms with van der Waals surface area (Å²) in [6, 6.07) is 16.9. The maximum Gasteiger partial charge on any atom is 0.120 e. The third kappa shape index (κ3) is 2.87. The molecule has 2 fully saturated rings. The molecule has 0 spiro atoms. The molecule has 0 bridgehead atoms. The van der Waals surface area contributed by atoms with Crippen LogP contribution in [0.15, 0.2) is 48.5 Å². The Balaban J connectivity index is 1.35. The largest absolute Gasteiger partial charge is 0.489 e. The first-order valence-electron chi connectivity index (χ1n) is 10.7. The van der Waals surface area contributed by atoms with Gasteiger partial charge in [-0.1, -0.05) is 43.3 Å². The van der Waals surface area contributed by atoms with E-state index in [4.69, 9.17) is 4.74 Å². The van der Waals surface area contributed by atoms with Crippen LogP contribution in [-0.2, 0) is 13.0 Å². The molecule has 3 aliphatic rings. The number of fused-ring (bicyclic) bond motifs is 5. The lowest BCUT2D eigenvalue weighted by molar-refractivity contribution is -0.0505. The van der Waals surface area contributed by atoms with E-state index in [-0.39, 0.29) is 5.41 Å². The van der Waals surface area contributed by atoms with Gasteiger partial charge in [0, 0.05) is 0 Å². The number of hydrogen-bond donors (Lipinski definition) is 2. The van der Waals surface area contributed by atoms with Crippen LogP contribution in [0.4, 0.5) is 0 Å². The molecule has 0 radical (unpaired) electrons. The van der Waals surface area contributed by atoms with Crippen molar-refractivity contribution in [2.24, 2.45) is 17.3 Å². The molecule has 6 atom stereocenters. The number of ether oxygens (including phenoxy) is 1. The van der Waals surface area contributed by atoms with Gasteiger partial charge in [0.25, 0.3) is 0 Å². The Morgan fingerprint density at radius 2 is 1.89 bits per heavy atom. The minimum Gasteiger partial charge on any atom is -0.489 e. The highest BCUT2D eigenvalue weighted by atomic mass is 16.5. The Morgan fingerprint density at radius 1 is 1.07 bits per heavy atom. The third-order valence-corrected chi connectivity index (χ3v) is 7.92. The monoisotopic (exact) mass is 378 g/mol. The van der Waals surface area contributed by atoms with Crippen molar-refractivity contribution in [1.29, 1.82) is 0 Å². The van der Waals surface area contributed by atoms with Crippen LogP contribution < -0.4 is 4.74 Å². The fourth-order valence-electron chi connectivity index (χ4n) is 6.38. The summed E-state index contributed by atoms with van der Waals surface area (Å²) < 4.78 is 6.04. The summed E-state index contributed by atoms with van der Waals surface area (Å²) in [4.78, 5) is 0. The van der Waals surface area contributed by atoms with Crippen LogP contribution in [0.1, 0.15) is 55.2 Å². The van der Waals surface area contributed by atoms with Crippen molar-refractivity contribution < 1.29 is 14.9 Å². The number of benzene rings is 2. The summed E-state index contributed by atoms with van der Waals surface area (Å²) in [5.74, 6) is 2.52. The van der Waals surface area contributed by atoms with E-state index in [1.807, 2.05) is 18.2 Å². The second-order valence-electron chi connectivity index (χ2n) is 9.34. The highest BCUT2D eigenvalue weighted by Crippen LogP contribution is 2.60. The van der Waals surface area contributed by atoms with Crippen molar-refractivity contribution in [2.45, 2.75) is 63.8 Å². The molecule has 3 aliphatic carbocycles. The maximum atomic E-state index is 10.6. The van der Waals surface area contributed by atoms with E-state index >= 15 is 0 Å². The zero-order valence-electron chi connectivity index (χ0n) is 16.6. The second-order valence-corrected chi connectivity index (χ2v) is 9.34. The number of rotatable bonds is 3. The quantitative estimate of drug-likeness (QED) is 0.829. The molecule has 0 heterocycles. The molecule has 28 heavy (non-hydrogen) atoms. The maximum absolute atomic E-state index is 10.6. The predicted octanol–water partition coefficient (Wildman–Crippen LogP) is 4.45. The van der Waals surface area contributed by atoms with E-state index in [1.54, 1.807) is 0 Å². The smallest absolute Gasteiger partial charge is 0.120 e. The Kier molecular flexibility index (Phi) is 4.48. The molecule has 2 saturated carbocycles. The first-order valence-corrected chi connectivity index (χ1v) is 10.7. The Bertz CT molecular complexity index is 848. The summed E-state index contributed by atoms with van der Waals surface area (Å²) in [7, 11) is 0. The van der Waals surface area contributed by atoms with Gasteiger partial charge in [0.2, 0.25) is 0 Å². The van der Waals surface area contributed by atoms with Crippen molar-refractivity contribution in [3.63, 3.8) is 0 Å². The van der Waals surface area contributed by atoms with Gasteiger partial charge in [-0.25, -0.2) is 0 Å². The molecular formula is C25H30O3. The Morgan fingerprint density at radius 3 is 2.71 bits per heavy atom. The van der Waals surface area contributed by atoms with Crippen LogP contribution in [0.2, 0.25) is 0 Å². The molecule has 4 unspecified atom stereocenters. The first kappa shape index (κ1) is 18.2. The number of aliphatic hydroxyl groups excluding tert-OH is 2. The van der Waals surface area contributed by atoms with E-state index in [0.717, 1.165) is 37.9 Å². The van der Waals surface area contributed by atoms with Gasteiger partial charge in [0.05, 0.1) is 12.2 Å². The average molecular weight is 379 g/mol. The molecule has 0 aromatic heterocycles. The molecule has 148 valence electrons. The van der Waals surface area contributed by atoms with Gasteiger partial charge in [-0.05, 0) is 84.1 Å². The van der Waals surface area contributed by atoms with Crippen LogP contribution in [0.3, 0.4) is 0 Å². The van der Waals surface area contributed by atoms with E-state index in [0.29, 0.717) is 24.4 Å². The van der Waals surface area contributed by atoms with E-state index in [2.05, 4.69) is 37.3 Å². The molecule has 3 heteroatoms. The second kappa shape index (κ2) is 6.89. The van der Waals surface area contributed by atoms with Crippen molar-refractivity contribution in [1.82, 2.24) is 0 Å². The van der Waals surface area contributed by atoms with Gasteiger partial charge in [0.15, 0.2) is 0 Å². The average Bonchev–Trinajstić information content (AvgIpc) is 2.96. The molecule has 2 aromatic rings. The first-order chi connectivity index (χ1) is 13.6. The minimum absolute atomic E-state index is 0.114. The highest BCUT2D eigenvalue weighted by molar-refractivity contribution is 5.41. The van der Waals surface area contributed by atoms with Gasteiger partial charge in [-0.15, -0.1) is 0 Å². The van der Waals surface area contributed by atoms with E-state index in [9.17, 15) is 10.2 Å². The van der Waals surface area contributed by atoms with Crippen molar-refractivity contribution in [2.75, 3.05) is 0 Å². The molecule has 0 amide bonds. The van der Waals surface area contributed by atoms with Gasteiger partial charge in [-0.3, -0.25) is 0 Å². The topological polar surface area (TPSA) is 49.7 Å². The summed E-state index contributed by atoms with van der Waals surface area (Å²) in [6.45, 7) is 2.80. The standard InChI is InChI=1S/C25H30O3/c1-25-12-11-20-19-10-8-18(28-15-16-5-3-2-4-6-16)13-17(19)7-9-21(20)22(25)14-23(26)24(25)27/h2-6,8,10,13,20-24,26-27H,7,9,11-12,14-15H2,1H3/t20?,21?,22?,23-,24+,25?/m1/s1. The molecular weight excluding hydrogens is 348 g/mol. The fourth-order valence-corrected chi connectivity index (χ4v) is 6.38. The zero-order valence-corrected chi connectivity index (χ0v) is 16.6. The molecule has 0 saturated heterocycles. The van der Waals surface area contributed by atoms with Crippen LogP contribution in [0.25, 0.3) is 0 Å². The van der Waals surface area contributed by atoms with Crippen molar-refractivity contribution in [3.8, 4) is 5.75 Å². The minimum atomic E-state index is -0.561. The summed E-state index contributed by atoms with van der Waals surface area (Å²) in [6.07, 6.45) is 3.98. The summed E-state index contributed by atoms with van der Waals surface area (Å²) in [5.41, 5.74) is 3.97. The predicted molar refractivity (Wildman–Crippen MR) is 109 cm³/mol. The van der Waals surface area contributed by atoms with E-state index < -0.39 is 12.2 Å². The Labute approximate surface area is 167 Å². The Hall–Kier alpha value is -1.84. The summed E-state index contributed by atoms with van der Waals surface area (Å²) >= 11 is 0. The molecule has 5 rings (SSSR count). The third-order valence-electron chi connectivity index (χ3n) is 7.92. The number of aryl methyl sites for hydroxylation is 1. The lowest BCUT2D eigenvalue weighted by Crippen LogP contribution is -2.44. The normalized spacial score (nSPS) is 36.3. The van der Waals surface area contributed by atoms with Gasteiger partial charge >= 0.3 is 0 Å². The zero-order chi connectivity index (χ0) is 19.3. The van der Waals surface area contributed by atoms with Gasteiger partial charge < -0.3 is 14.9 Å². The number of hydrogen-bond acceptors (Lipinski definition) is 3. The molecule has 3 nitrogen and oxygen atoms in total. The molecule has 2 aromatic carbocycles. The van der Waals surface area contributed by atoms with Crippen LogP contribution in [-0.4, -0.2) is 22.4 Å². The van der Waals surface area contributed by atoms with Gasteiger partial charge in [-0.2, -0.15) is 0 Å². The van der Waals surface area contributed by atoms with Gasteiger partial charge in [0.1, 0.15) is 12.4 Å². The van der Waals surface area contributed by atoms with Crippen molar-refractivity contribution >= 4 is 0 Å². The molecule has 0 aliphatic heterocycles. The van der Waals surface area contributed by atoms with Crippen LogP contribution >= 0.6 is 0 Å².